The fourth-order valence-corrected chi connectivity index (χ4v) is 2.40. The molecule has 0 aliphatic rings. The van der Waals surface area contributed by atoms with Gasteiger partial charge in [-0.05, 0) is 49.1 Å². The van der Waals surface area contributed by atoms with Gasteiger partial charge in [0.1, 0.15) is 5.69 Å². The van der Waals surface area contributed by atoms with E-state index in [0.29, 0.717) is 5.69 Å². The summed E-state index contributed by atoms with van der Waals surface area (Å²) in [5.41, 5.74) is 5.50. The van der Waals surface area contributed by atoms with Crippen LogP contribution in [-0.4, -0.2) is 16.2 Å². The third kappa shape index (κ3) is 4.56. The Hall–Kier alpha value is -1.88. The summed E-state index contributed by atoms with van der Waals surface area (Å²) in [6, 6.07) is 11.9. The zero-order valence-corrected chi connectivity index (χ0v) is 14.4. The molecule has 4 nitrogen and oxygen atoms in total. The van der Waals surface area contributed by atoms with Crippen LogP contribution in [0.1, 0.15) is 35.8 Å². The summed E-state index contributed by atoms with van der Waals surface area (Å²) in [7, 11) is 1.84. The van der Waals surface area contributed by atoms with E-state index in [4.69, 9.17) is 0 Å². The van der Waals surface area contributed by atoms with E-state index in [1.807, 2.05) is 31.4 Å². The van der Waals surface area contributed by atoms with Crippen LogP contribution in [-0.2, 0) is 13.5 Å². The smallest absolute Gasteiger partial charge is 0.287 e. The molecule has 116 valence electrons. The SMILES string of the molecule is CC/C(CCc1ccc(Br)cc1)=N\NC(=O)c1cccn1C. The van der Waals surface area contributed by atoms with Gasteiger partial charge in [-0.2, -0.15) is 5.10 Å². The highest BCUT2D eigenvalue weighted by Gasteiger charge is 2.08. The summed E-state index contributed by atoms with van der Waals surface area (Å²) >= 11 is 3.43. The molecule has 2 rings (SSSR count). The second-order valence-corrected chi connectivity index (χ2v) is 6.02. The number of amides is 1. The summed E-state index contributed by atoms with van der Waals surface area (Å²) in [5.74, 6) is -0.179. The Morgan fingerprint density at radius 2 is 2.00 bits per heavy atom. The van der Waals surface area contributed by atoms with Gasteiger partial charge in [0.05, 0.1) is 0 Å². The number of hydrogen-bond acceptors (Lipinski definition) is 2. The molecule has 1 heterocycles. The van der Waals surface area contributed by atoms with Crippen molar-refractivity contribution in [2.75, 3.05) is 0 Å². The van der Waals surface area contributed by atoms with Crippen molar-refractivity contribution >= 4 is 27.5 Å². The van der Waals surface area contributed by atoms with Gasteiger partial charge in [0.25, 0.3) is 5.91 Å². The number of nitrogens with one attached hydrogen (secondary N) is 1. The van der Waals surface area contributed by atoms with Crippen LogP contribution in [0.15, 0.2) is 52.2 Å². The topological polar surface area (TPSA) is 46.4 Å². The molecule has 0 unspecified atom stereocenters. The lowest BCUT2D eigenvalue weighted by Crippen LogP contribution is -2.22. The largest absolute Gasteiger partial charge is 0.347 e. The predicted molar refractivity (Wildman–Crippen MR) is 93.1 cm³/mol. The van der Waals surface area contributed by atoms with Crippen molar-refractivity contribution in [1.29, 1.82) is 0 Å². The molecule has 1 aromatic carbocycles. The monoisotopic (exact) mass is 361 g/mol. The number of hydrazone groups is 1. The van der Waals surface area contributed by atoms with Crippen molar-refractivity contribution in [3.05, 3.63) is 58.3 Å². The molecular weight excluding hydrogens is 342 g/mol. The van der Waals surface area contributed by atoms with Crippen molar-refractivity contribution in [1.82, 2.24) is 9.99 Å². The number of aromatic nitrogens is 1. The normalized spacial score (nSPS) is 11.5. The summed E-state index contributed by atoms with van der Waals surface area (Å²) in [4.78, 5) is 12.0. The summed E-state index contributed by atoms with van der Waals surface area (Å²) in [6.07, 6.45) is 4.42. The van der Waals surface area contributed by atoms with E-state index in [2.05, 4.69) is 45.5 Å². The molecule has 0 spiro atoms. The van der Waals surface area contributed by atoms with Crippen LogP contribution >= 0.6 is 15.9 Å². The molecule has 0 saturated heterocycles. The maximum Gasteiger partial charge on any atom is 0.287 e. The van der Waals surface area contributed by atoms with Crippen LogP contribution in [0.5, 0.6) is 0 Å². The third-order valence-corrected chi connectivity index (χ3v) is 4.04. The maximum absolute atomic E-state index is 12.0. The standard InChI is InChI=1S/C17H20BrN3O/c1-3-15(11-8-13-6-9-14(18)10-7-13)19-20-17(22)16-5-4-12-21(16)2/h4-7,9-10,12H,3,8,11H2,1-2H3,(H,20,22)/b19-15+. The summed E-state index contributed by atoms with van der Waals surface area (Å²) < 4.78 is 2.86. The van der Waals surface area contributed by atoms with Crippen LogP contribution in [0.4, 0.5) is 0 Å². The molecule has 0 atom stereocenters. The Morgan fingerprint density at radius 3 is 2.59 bits per heavy atom. The van der Waals surface area contributed by atoms with Gasteiger partial charge in [-0.1, -0.05) is 35.0 Å². The predicted octanol–water partition coefficient (Wildman–Crippen LogP) is 3.92. The minimum absolute atomic E-state index is 0.179. The van der Waals surface area contributed by atoms with Crippen molar-refractivity contribution in [3.63, 3.8) is 0 Å². The van der Waals surface area contributed by atoms with E-state index in [1.54, 1.807) is 10.6 Å². The number of halogens is 1. The fourth-order valence-electron chi connectivity index (χ4n) is 2.14. The van der Waals surface area contributed by atoms with E-state index in [1.165, 1.54) is 5.56 Å². The molecular formula is C17H20BrN3O. The molecule has 0 radical (unpaired) electrons. The van der Waals surface area contributed by atoms with Crippen LogP contribution in [0.2, 0.25) is 0 Å². The lowest BCUT2D eigenvalue weighted by Gasteiger charge is -2.06. The van der Waals surface area contributed by atoms with Gasteiger partial charge in [-0.3, -0.25) is 4.79 Å². The fraction of sp³-hybridized carbons (Fsp3) is 0.294. The van der Waals surface area contributed by atoms with Gasteiger partial charge < -0.3 is 4.57 Å². The quantitative estimate of drug-likeness (QED) is 0.615. The lowest BCUT2D eigenvalue weighted by atomic mass is 10.1. The molecule has 22 heavy (non-hydrogen) atoms. The maximum atomic E-state index is 12.0. The van der Waals surface area contributed by atoms with Crippen LogP contribution < -0.4 is 5.43 Å². The van der Waals surface area contributed by atoms with Gasteiger partial charge in [0, 0.05) is 23.4 Å². The highest BCUT2D eigenvalue weighted by molar-refractivity contribution is 9.10. The second-order valence-electron chi connectivity index (χ2n) is 5.10. The van der Waals surface area contributed by atoms with Crippen LogP contribution in [0.3, 0.4) is 0 Å². The molecule has 5 heteroatoms. The van der Waals surface area contributed by atoms with E-state index in [9.17, 15) is 4.79 Å². The number of nitrogens with zero attached hydrogens (tertiary/aromatic N) is 2. The Labute approximate surface area is 139 Å². The van der Waals surface area contributed by atoms with E-state index in [-0.39, 0.29) is 5.91 Å². The van der Waals surface area contributed by atoms with Crippen molar-refractivity contribution < 1.29 is 4.79 Å². The molecule has 1 aromatic heterocycles. The van der Waals surface area contributed by atoms with Crippen LogP contribution in [0, 0.1) is 0 Å². The number of hydrogen-bond donors (Lipinski definition) is 1. The van der Waals surface area contributed by atoms with Crippen molar-refractivity contribution in [2.24, 2.45) is 12.1 Å². The van der Waals surface area contributed by atoms with Gasteiger partial charge >= 0.3 is 0 Å². The molecule has 0 aliphatic heterocycles. The van der Waals surface area contributed by atoms with Gasteiger partial charge in [0.15, 0.2) is 0 Å². The van der Waals surface area contributed by atoms with Crippen molar-refractivity contribution in [2.45, 2.75) is 26.2 Å². The minimum Gasteiger partial charge on any atom is -0.347 e. The first-order valence-electron chi connectivity index (χ1n) is 7.31. The number of benzene rings is 1. The van der Waals surface area contributed by atoms with E-state index >= 15 is 0 Å². The van der Waals surface area contributed by atoms with Gasteiger partial charge in [0.2, 0.25) is 0 Å². The van der Waals surface area contributed by atoms with Gasteiger partial charge in [-0.15, -0.1) is 0 Å². The molecule has 0 bridgehead atoms. The average Bonchev–Trinajstić information content (AvgIpc) is 2.95. The first-order valence-corrected chi connectivity index (χ1v) is 8.11. The lowest BCUT2D eigenvalue weighted by molar-refractivity contribution is 0.0946. The minimum atomic E-state index is -0.179. The zero-order valence-electron chi connectivity index (χ0n) is 12.8. The second kappa shape index (κ2) is 7.94. The molecule has 1 amide bonds. The Bertz CT molecular complexity index is 659. The highest BCUT2D eigenvalue weighted by Crippen LogP contribution is 2.12. The third-order valence-electron chi connectivity index (χ3n) is 3.52. The Balaban J connectivity index is 1.92. The molecule has 0 aliphatic carbocycles. The average molecular weight is 362 g/mol. The first kappa shape index (κ1) is 16.5. The van der Waals surface area contributed by atoms with Gasteiger partial charge in [-0.25, -0.2) is 5.43 Å². The molecule has 1 N–H and O–H groups in total. The number of carbonyl (C=O) groups excluding carboxylic acids is 1. The Kier molecular flexibility index (Phi) is 5.95. The van der Waals surface area contributed by atoms with Crippen molar-refractivity contribution in [3.8, 4) is 0 Å². The molecule has 2 aromatic rings. The number of aryl methyl sites for hydroxylation is 2. The summed E-state index contributed by atoms with van der Waals surface area (Å²) in [6.45, 7) is 2.05. The molecule has 0 fully saturated rings. The Morgan fingerprint density at radius 1 is 1.27 bits per heavy atom. The summed E-state index contributed by atoms with van der Waals surface area (Å²) in [5, 5.41) is 4.27. The van der Waals surface area contributed by atoms with E-state index in [0.717, 1.165) is 29.4 Å². The van der Waals surface area contributed by atoms with Crippen LogP contribution in [0.25, 0.3) is 0 Å². The zero-order chi connectivity index (χ0) is 15.9. The highest BCUT2D eigenvalue weighted by atomic mass is 79.9. The van der Waals surface area contributed by atoms with E-state index < -0.39 is 0 Å². The molecule has 0 saturated carbocycles. The number of rotatable bonds is 6. The first-order chi connectivity index (χ1) is 10.6. The number of carbonyl (C=O) groups is 1.